The Morgan fingerprint density at radius 3 is 1.62 bits per heavy atom. The van der Waals surface area contributed by atoms with Gasteiger partial charge in [-0.25, -0.2) is 0 Å². The van der Waals surface area contributed by atoms with E-state index in [4.69, 9.17) is 23.7 Å². The van der Waals surface area contributed by atoms with Crippen molar-refractivity contribution in [2.24, 2.45) is 0 Å². The fraction of sp³-hybridized carbons (Fsp3) is 0.409. The predicted molar refractivity (Wildman–Crippen MR) is 203 cm³/mol. The maximum atomic E-state index is 12.4. The molecule has 8 nitrogen and oxygen atoms in total. The highest BCUT2D eigenvalue weighted by Crippen LogP contribution is 2.37. The fourth-order valence-corrected chi connectivity index (χ4v) is 7.06. The molecule has 0 saturated heterocycles. The van der Waals surface area contributed by atoms with Crippen LogP contribution in [0.2, 0.25) is 0 Å². The standard InChI is InChI=1S/C44H53NO7/c1-32(37-28-45-38-25-15-14-24-36(37)38)52-41-39(47)40(48-27-17-4-2-3-16-26-46)42(49-29-33-18-8-5-9-19-33)44(51-31-35-22-12-7-13-23-35)43(41)50-30-34-20-10-6-11-21-34/h5-15,18-25,28,32,39-47H,2-4,16-17,26-27,29-31H2,1H3. The summed E-state index contributed by atoms with van der Waals surface area (Å²) in [6, 6.07) is 38.2. The number of ether oxygens (including phenoxy) is 5. The smallest absolute Gasteiger partial charge is 0.116 e. The van der Waals surface area contributed by atoms with Crippen LogP contribution in [0, 0.1) is 0 Å². The van der Waals surface area contributed by atoms with Crippen LogP contribution in [0.25, 0.3) is 10.9 Å². The molecule has 7 unspecified atom stereocenters. The fourth-order valence-electron chi connectivity index (χ4n) is 7.06. The average Bonchev–Trinajstić information content (AvgIpc) is 3.63. The van der Waals surface area contributed by atoms with Crippen molar-refractivity contribution in [1.82, 2.24) is 4.98 Å². The molecule has 6 rings (SSSR count). The van der Waals surface area contributed by atoms with E-state index in [0.29, 0.717) is 26.4 Å². The first-order chi connectivity index (χ1) is 25.6. The summed E-state index contributed by atoms with van der Waals surface area (Å²) >= 11 is 0. The molecule has 8 heteroatoms. The number of nitrogens with one attached hydrogen (secondary N) is 1. The molecule has 3 N–H and O–H groups in total. The maximum Gasteiger partial charge on any atom is 0.116 e. The SMILES string of the molecule is CC(OC1C(O)C(OCCCCCCCO)C(OCc2ccccc2)C(OCc2ccccc2)C1OCc1ccccc1)c1c[nH]c2ccccc12. The van der Waals surface area contributed by atoms with Crippen LogP contribution in [0.4, 0.5) is 0 Å². The van der Waals surface area contributed by atoms with Crippen LogP contribution in [-0.4, -0.2) is 65.0 Å². The van der Waals surface area contributed by atoms with E-state index in [-0.39, 0.29) is 12.7 Å². The van der Waals surface area contributed by atoms with E-state index in [0.717, 1.165) is 65.3 Å². The van der Waals surface area contributed by atoms with Crippen molar-refractivity contribution in [3.8, 4) is 0 Å². The molecule has 0 bridgehead atoms. The summed E-state index contributed by atoms with van der Waals surface area (Å²) in [5, 5.41) is 22.7. The Bertz CT molecular complexity index is 1720. The van der Waals surface area contributed by atoms with Crippen LogP contribution in [0.3, 0.4) is 0 Å². The van der Waals surface area contributed by atoms with Gasteiger partial charge in [0.1, 0.15) is 36.6 Å². The number of aromatic amines is 1. The minimum atomic E-state index is -1.08. The lowest BCUT2D eigenvalue weighted by Crippen LogP contribution is -2.67. The quantitative estimate of drug-likeness (QED) is 0.0704. The van der Waals surface area contributed by atoms with Crippen LogP contribution in [0.1, 0.15) is 67.4 Å². The van der Waals surface area contributed by atoms with Gasteiger partial charge in [-0.1, -0.05) is 128 Å². The van der Waals surface area contributed by atoms with Crippen molar-refractivity contribution < 1.29 is 33.9 Å². The van der Waals surface area contributed by atoms with Crippen molar-refractivity contribution in [2.45, 2.75) is 102 Å². The lowest BCUT2D eigenvalue weighted by Gasteiger charge is -2.49. The first-order valence-corrected chi connectivity index (χ1v) is 18.7. The number of aliphatic hydroxyl groups excluding tert-OH is 2. The number of para-hydroxylation sites is 1. The van der Waals surface area contributed by atoms with Gasteiger partial charge in [0.05, 0.1) is 25.9 Å². The molecule has 0 amide bonds. The highest BCUT2D eigenvalue weighted by molar-refractivity contribution is 5.83. The Balaban J connectivity index is 1.33. The van der Waals surface area contributed by atoms with Crippen molar-refractivity contribution in [1.29, 1.82) is 0 Å². The molecule has 0 spiro atoms. The van der Waals surface area contributed by atoms with E-state index in [1.165, 1.54) is 0 Å². The second-order valence-corrected chi connectivity index (χ2v) is 13.6. The Morgan fingerprint density at radius 2 is 1.04 bits per heavy atom. The molecule has 5 aromatic rings. The number of fused-ring (bicyclic) bond motifs is 1. The zero-order valence-corrected chi connectivity index (χ0v) is 30.1. The number of aromatic nitrogens is 1. The van der Waals surface area contributed by atoms with Crippen LogP contribution in [0.15, 0.2) is 121 Å². The van der Waals surface area contributed by atoms with Crippen molar-refractivity contribution >= 4 is 10.9 Å². The Morgan fingerprint density at radius 1 is 0.558 bits per heavy atom. The molecule has 52 heavy (non-hydrogen) atoms. The minimum Gasteiger partial charge on any atom is -0.396 e. The number of hydrogen-bond acceptors (Lipinski definition) is 7. The van der Waals surface area contributed by atoms with Gasteiger partial charge in [0, 0.05) is 35.9 Å². The van der Waals surface area contributed by atoms with Gasteiger partial charge in [0.15, 0.2) is 0 Å². The Labute approximate surface area is 307 Å². The second kappa shape index (κ2) is 19.8. The second-order valence-electron chi connectivity index (χ2n) is 13.6. The summed E-state index contributed by atoms with van der Waals surface area (Å²) in [6.45, 7) is 3.60. The number of unbranched alkanes of at least 4 members (excludes halogenated alkanes) is 4. The highest BCUT2D eigenvalue weighted by Gasteiger charge is 2.54. The lowest BCUT2D eigenvalue weighted by atomic mass is 9.83. The van der Waals surface area contributed by atoms with Crippen molar-refractivity contribution in [2.75, 3.05) is 13.2 Å². The predicted octanol–water partition coefficient (Wildman–Crippen LogP) is 8.07. The summed E-state index contributed by atoms with van der Waals surface area (Å²) in [6.07, 6.45) is 1.50. The van der Waals surface area contributed by atoms with E-state index < -0.39 is 36.6 Å². The minimum absolute atomic E-state index is 0.210. The third-order valence-electron chi connectivity index (χ3n) is 9.86. The van der Waals surface area contributed by atoms with Crippen LogP contribution in [0.5, 0.6) is 0 Å². The van der Waals surface area contributed by atoms with E-state index >= 15 is 0 Å². The Hall–Kier alpha value is -3.86. The van der Waals surface area contributed by atoms with Crippen LogP contribution >= 0.6 is 0 Å². The number of benzene rings is 4. The summed E-state index contributed by atoms with van der Waals surface area (Å²) in [5.41, 5.74) is 5.04. The maximum absolute atomic E-state index is 12.4. The number of aliphatic hydroxyl groups is 2. The third-order valence-corrected chi connectivity index (χ3v) is 9.86. The molecule has 1 aliphatic rings. The van der Waals surface area contributed by atoms with Gasteiger partial charge in [0.2, 0.25) is 0 Å². The van der Waals surface area contributed by atoms with Gasteiger partial charge >= 0.3 is 0 Å². The molecule has 0 radical (unpaired) electrons. The van der Waals surface area contributed by atoms with Gasteiger partial charge in [-0.2, -0.15) is 0 Å². The number of H-pyrrole nitrogens is 1. The molecule has 1 aliphatic carbocycles. The molecule has 1 heterocycles. The van der Waals surface area contributed by atoms with Gasteiger partial charge in [-0.15, -0.1) is 0 Å². The summed E-state index contributed by atoms with van der Waals surface area (Å²) in [5.74, 6) is 0. The topological polar surface area (TPSA) is 102 Å². The molecule has 0 aliphatic heterocycles. The normalized spacial score (nSPS) is 22.4. The van der Waals surface area contributed by atoms with Gasteiger partial charge in [-0.05, 0) is 42.5 Å². The van der Waals surface area contributed by atoms with E-state index in [1.54, 1.807) is 0 Å². The van der Waals surface area contributed by atoms with Crippen molar-refractivity contribution in [3.05, 3.63) is 144 Å². The van der Waals surface area contributed by atoms with E-state index in [9.17, 15) is 10.2 Å². The zero-order chi connectivity index (χ0) is 36.0. The Kier molecular flexibility index (Phi) is 14.4. The first kappa shape index (κ1) is 37.9. The summed E-state index contributed by atoms with van der Waals surface area (Å²) < 4.78 is 33.9. The third kappa shape index (κ3) is 10.2. The number of rotatable bonds is 20. The lowest BCUT2D eigenvalue weighted by molar-refractivity contribution is -0.285. The average molecular weight is 708 g/mol. The summed E-state index contributed by atoms with van der Waals surface area (Å²) in [4.78, 5) is 3.37. The van der Waals surface area contributed by atoms with E-state index in [1.807, 2.05) is 122 Å². The molecular weight excluding hydrogens is 654 g/mol. The first-order valence-electron chi connectivity index (χ1n) is 18.7. The number of hydrogen-bond donors (Lipinski definition) is 3. The zero-order valence-electron chi connectivity index (χ0n) is 30.1. The molecule has 4 aromatic carbocycles. The molecule has 276 valence electrons. The van der Waals surface area contributed by atoms with E-state index in [2.05, 4.69) is 11.1 Å². The van der Waals surface area contributed by atoms with Crippen LogP contribution in [-0.2, 0) is 43.5 Å². The monoisotopic (exact) mass is 707 g/mol. The highest BCUT2D eigenvalue weighted by atomic mass is 16.6. The summed E-state index contributed by atoms with van der Waals surface area (Å²) in [7, 11) is 0. The largest absolute Gasteiger partial charge is 0.396 e. The molecule has 1 saturated carbocycles. The molecule has 7 atom stereocenters. The van der Waals surface area contributed by atoms with Crippen LogP contribution < -0.4 is 0 Å². The van der Waals surface area contributed by atoms with Gasteiger partial charge in [-0.3, -0.25) is 0 Å². The van der Waals surface area contributed by atoms with Crippen molar-refractivity contribution in [3.63, 3.8) is 0 Å². The molecule has 1 aromatic heterocycles. The molecular formula is C44H53NO7. The van der Waals surface area contributed by atoms with Gasteiger partial charge in [0.25, 0.3) is 0 Å². The van der Waals surface area contributed by atoms with Gasteiger partial charge < -0.3 is 38.9 Å². The molecule has 1 fully saturated rings.